The topological polar surface area (TPSA) is 55.4 Å². The van der Waals surface area contributed by atoms with Crippen molar-refractivity contribution in [2.45, 2.75) is 6.92 Å². The third-order valence-electron chi connectivity index (χ3n) is 0.880. The second-order valence-electron chi connectivity index (χ2n) is 1.87. The minimum Gasteiger partial charge on any atom is -0.388 e. The molecule has 0 aromatic heterocycles. The Labute approximate surface area is 70.2 Å². The molecule has 60 valence electrons. The number of allylic oxidation sites excluding steroid dienone is 1. The van der Waals surface area contributed by atoms with E-state index < -0.39 is 0 Å². The zero-order valence-electron chi connectivity index (χ0n) is 6.17. The van der Waals surface area contributed by atoms with E-state index in [2.05, 4.69) is 11.6 Å². The van der Waals surface area contributed by atoms with Crippen LogP contribution in [0.25, 0.3) is 0 Å². The molecule has 11 heavy (non-hydrogen) atoms. The van der Waals surface area contributed by atoms with Gasteiger partial charge in [0.1, 0.15) is 5.16 Å². The zero-order chi connectivity index (χ0) is 8.85. The first-order chi connectivity index (χ1) is 5.04. The Morgan fingerprint density at radius 3 is 2.64 bits per heavy atom. The van der Waals surface area contributed by atoms with E-state index in [0.717, 1.165) is 0 Å². The Bertz CT molecular complexity index is 227. The molecule has 4 heteroatoms. The lowest BCUT2D eigenvalue weighted by Gasteiger charge is -1.87. The molecule has 0 fully saturated rings. The number of Topliss-reactive ketones (excluding diaryl/α,β-unsaturated/α-hetero) is 1. The Morgan fingerprint density at radius 2 is 2.27 bits per heavy atom. The highest BCUT2D eigenvalue weighted by molar-refractivity contribution is 6.29. The largest absolute Gasteiger partial charge is 0.388 e. The van der Waals surface area contributed by atoms with Crippen molar-refractivity contribution in [1.82, 2.24) is 0 Å². The van der Waals surface area contributed by atoms with Crippen LogP contribution in [0.5, 0.6) is 0 Å². The van der Waals surface area contributed by atoms with Crippen LogP contribution < -0.4 is 5.73 Å². The highest BCUT2D eigenvalue weighted by Gasteiger charge is 1.92. The van der Waals surface area contributed by atoms with Crippen LogP contribution in [-0.2, 0) is 4.79 Å². The minimum atomic E-state index is -0.129. The van der Waals surface area contributed by atoms with Crippen LogP contribution in [0.2, 0.25) is 0 Å². The lowest BCUT2D eigenvalue weighted by molar-refractivity contribution is -0.113. The number of nitrogens with zero attached hydrogens (tertiary/aromatic N) is 1. The summed E-state index contributed by atoms with van der Waals surface area (Å²) in [6.07, 6.45) is 2.53. The average molecular weight is 173 g/mol. The van der Waals surface area contributed by atoms with Crippen LogP contribution >= 0.6 is 11.6 Å². The summed E-state index contributed by atoms with van der Waals surface area (Å²) in [5, 5.41) is 0.0672. The Kier molecular flexibility index (Phi) is 4.22. The van der Waals surface area contributed by atoms with Crippen LogP contribution in [0.4, 0.5) is 0 Å². The second kappa shape index (κ2) is 4.68. The van der Waals surface area contributed by atoms with Gasteiger partial charge in [0.15, 0.2) is 5.78 Å². The molecule has 2 N–H and O–H groups in total. The molecular formula is C7H9ClN2O. The number of carbonyl (C=O) groups is 1. The third-order valence-corrected chi connectivity index (χ3v) is 0.978. The predicted molar refractivity (Wildman–Crippen MR) is 46.4 cm³/mol. The molecule has 0 unspecified atom stereocenters. The number of hydrogen-bond acceptors (Lipinski definition) is 3. The molecular weight excluding hydrogens is 164 g/mol. The van der Waals surface area contributed by atoms with Crippen molar-refractivity contribution in [3.63, 3.8) is 0 Å². The van der Waals surface area contributed by atoms with Crippen LogP contribution in [0, 0.1) is 0 Å². The van der Waals surface area contributed by atoms with Gasteiger partial charge >= 0.3 is 0 Å². The first-order valence-corrected chi connectivity index (χ1v) is 3.26. The Morgan fingerprint density at radius 1 is 1.73 bits per heavy atom. The van der Waals surface area contributed by atoms with Gasteiger partial charge in [-0.3, -0.25) is 9.79 Å². The molecule has 0 saturated carbocycles. The molecule has 0 aliphatic heterocycles. The molecule has 3 nitrogen and oxygen atoms in total. The van der Waals surface area contributed by atoms with Gasteiger partial charge in [0.05, 0.1) is 6.20 Å². The highest BCUT2D eigenvalue weighted by atomic mass is 35.5. The number of nitrogens with two attached hydrogens (primary N) is 1. The molecule has 0 aliphatic rings. The van der Waals surface area contributed by atoms with Gasteiger partial charge in [-0.2, -0.15) is 0 Å². The fourth-order valence-electron chi connectivity index (χ4n) is 0.289. The van der Waals surface area contributed by atoms with Gasteiger partial charge in [-0.15, -0.1) is 0 Å². The van der Waals surface area contributed by atoms with E-state index in [4.69, 9.17) is 17.3 Å². The van der Waals surface area contributed by atoms with E-state index in [1.807, 2.05) is 0 Å². The highest BCUT2D eigenvalue weighted by Crippen LogP contribution is 1.91. The molecule has 0 saturated heterocycles. The normalized spacial score (nSPS) is 12.0. The van der Waals surface area contributed by atoms with Crippen LogP contribution in [-0.4, -0.2) is 12.0 Å². The van der Waals surface area contributed by atoms with Crippen molar-refractivity contribution >= 4 is 23.6 Å². The van der Waals surface area contributed by atoms with Gasteiger partial charge in [-0.25, -0.2) is 0 Å². The molecule has 0 aromatic rings. The molecule has 0 rings (SSSR count). The summed E-state index contributed by atoms with van der Waals surface area (Å²) in [7, 11) is 0. The van der Waals surface area contributed by atoms with Crippen LogP contribution in [0.3, 0.4) is 0 Å². The van der Waals surface area contributed by atoms with Crippen LogP contribution in [0.1, 0.15) is 6.92 Å². The molecule has 0 heterocycles. The minimum absolute atomic E-state index is 0.0672. The van der Waals surface area contributed by atoms with E-state index in [9.17, 15) is 4.79 Å². The number of ketones is 1. The summed E-state index contributed by atoms with van der Waals surface area (Å²) in [6, 6.07) is 0. The third kappa shape index (κ3) is 5.36. The first kappa shape index (κ1) is 9.91. The van der Waals surface area contributed by atoms with Crippen molar-refractivity contribution < 1.29 is 4.79 Å². The summed E-state index contributed by atoms with van der Waals surface area (Å²) < 4.78 is 0. The summed E-state index contributed by atoms with van der Waals surface area (Å²) in [5.41, 5.74) is 5.37. The predicted octanol–water partition coefficient (Wildman–Crippen LogP) is 1.20. The molecule has 0 amide bonds. The van der Waals surface area contributed by atoms with E-state index >= 15 is 0 Å². The molecule has 0 aliphatic carbocycles. The van der Waals surface area contributed by atoms with E-state index in [1.54, 1.807) is 0 Å². The Hall–Kier alpha value is -1.09. The van der Waals surface area contributed by atoms with Crippen molar-refractivity contribution in [3.05, 3.63) is 23.5 Å². The van der Waals surface area contributed by atoms with Gasteiger partial charge in [-0.05, 0) is 6.92 Å². The first-order valence-electron chi connectivity index (χ1n) is 2.88. The van der Waals surface area contributed by atoms with Crippen LogP contribution in [0.15, 0.2) is 28.5 Å². The summed E-state index contributed by atoms with van der Waals surface area (Å²) in [6.45, 7) is 4.84. The standard InChI is InChI=1S/C7H9ClN2O/c1-5(6(2)11)3-10-4-7(8)9/h3-4H,1,9H2,2H3/b7-4-,10-3-. The average Bonchev–Trinajstić information content (AvgIpc) is 1.86. The van der Waals surface area contributed by atoms with Crippen molar-refractivity contribution in [2.75, 3.05) is 0 Å². The number of aliphatic imine (C=N–C) groups is 1. The maximum Gasteiger partial charge on any atom is 0.160 e. The molecule has 0 atom stereocenters. The molecule has 0 radical (unpaired) electrons. The Balaban J connectivity index is 4.05. The van der Waals surface area contributed by atoms with Crippen molar-refractivity contribution in [1.29, 1.82) is 0 Å². The lowest BCUT2D eigenvalue weighted by Crippen LogP contribution is -1.95. The van der Waals surface area contributed by atoms with Crippen molar-refractivity contribution in [2.24, 2.45) is 10.7 Å². The van der Waals surface area contributed by atoms with Crippen molar-refractivity contribution in [3.8, 4) is 0 Å². The number of carbonyl (C=O) groups excluding carboxylic acids is 1. The molecule has 0 bridgehead atoms. The number of rotatable bonds is 3. The van der Waals surface area contributed by atoms with E-state index in [-0.39, 0.29) is 10.9 Å². The van der Waals surface area contributed by atoms with Gasteiger partial charge in [0.2, 0.25) is 0 Å². The van der Waals surface area contributed by atoms with Gasteiger partial charge in [-0.1, -0.05) is 18.2 Å². The lowest BCUT2D eigenvalue weighted by atomic mass is 10.2. The smallest absolute Gasteiger partial charge is 0.160 e. The maximum absolute atomic E-state index is 10.5. The fraction of sp³-hybridized carbons (Fsp3) is 0.143. The quantitative estimate of drug-likeness (QED) is 0.395. The summed E-state index contributed by atoms with van der Waals surface area (Å²) in [4.78, 5) is 14.2. The maximum atomic E-state index is 10.5. The SMILES string of the molecule is C=C(/C=N\C=C(/N)Cl)C(C)=O. The van der Waals surface area contributed by atoms with Gasteiger partial charge < -0.3 is 5.73 Å². The number of halogens is 1. The zero-order valence-corrected chi connectivity index (χ0v) is 6.93. The summed E-state index contributed by atoms with van der Waals surface area (Å²) in [5.74, 6) is -0.129. The van der Waals surface area contributed by atoms with E-state index in [1.165, 1.54) is 19.3 Å². The van der Waals surface area contributed by atoms with E-state index in [0.29, 0.717) is 5.57 Å². The summed E-state index contributed by atoms with van der Waals surface area (Å²) >= 11 is 5.25. The fourth-order valence-corrected chi connectivity index (χ4v) is 0.346. The number of hydrogen-bond donors (Lipinski definition) is 1. The molecule has 0 spiro atoms. The van der Waals surface area contributed by atoms with Gasteiger partial charge in [0, 0.05) is 11.8 Å². The molecule has 0 aromatic carbocycles. The monoisotopic (exact) mass is 172 g/mol. The second-order valence-corrected chi connectivity index (χ2v) is 2.31. The van der Waals surface area contributed by atoms with Gasteiger partial charge in [0.25, 0.3) is 0 Å².